The van der Waals surface area contributed by atoms with Crippen LogP contribution in [0.4, 0.5) is 0 Å². The molecule has 2 N–H and O–H groups in total. The third-order valence-corrected chi connectivity index (χ3v) is 3.62. The molecule has 1 heterocycles. The Bertz CT molecular complexity index is 331. The van der Waals surface area contributed by atoms with Gasteiger partial charge in [-0.3, -0.25) is 0 Å². The summed E-state index contributed by atoms with van der Waals surface area (Å²) in [5.41, 5.74) is 1.29. The number of halogens is 1. The number of benzene rings is 1. The van der Waals surface area contributed by atoms with E-state index in [1.165, 1.54) is 31.4 Å². The Kier molecular flexibility index (Phi) is 4.84. The Balaban J connectivity index is 1.71. The first-order valence-electron chi connectivity index (χ1n) is 6.45. The van der Waals surface area contributed by atoms with Crippen molar-refractivity contribution in [2.24, 2.45) is 0 Å². The van der Waals surface area contributed by atoms with E-state index in [1.807, 2.05) is 12.1 Å². The van der Waals surface area contributed by atoms with Crippen LogP contribution in [0.25, 0.3) is 0 Å². The monoisotopic (exact) mass is 252 g/mol. The van der Waals surface area contributed by atoms with E-state index < -0.39 is 0 Å². The summed E-state index contributed by atoms with van der Waals surface area (Å²) >= 11 is 5.86. The topological polar surface area (TPSA) is 24.1 Å². The zero-order chi connectivity index (χ0) is 12.1. The Morgan fingerprint density at radius 3 is 2.82 bits per heavy atom. The molecule has 0 radical (unpaired) electrons. The second-order valence-electron chi connectivity index (χ2n) is 4.94. The van der Waals surface area contributed by atoms with Gasteiger partial charge in [0.2, 0.25) is 0 Å². The molecule has 0 aliphatic carbocycles. The van der Waals surface area contributed by atoms with Gasteiger partial charge < -0.3 is 10.6 Å². The van der Waals surface area contributed by atoms with Crippen LogP contribution in [-0.4, -0.2) is 18.6 Å². The summed E-state index contributed by atoms with van der Waals surface area (Å²) < 4.78 is 0. The van der Waals surface area contributed by atoms with Crippen LogP contribution in [0.5, 0.6) is 0 Å². The lowest BCUT2D eigenvalue weighted by Gasteiger charge is -2.18. The maximum absolute atomic E-state index is 5.86. The van der Waals surface area contributed by atoms with Gasteiger partial charge in [0, 0.05) is 23.7 Å². The van der Waals surface area contributed by atoms with Crippen molar-refractivity contribution < 1.29 is 0 Å². The van der Waals surface area contributed by atoms with Gasteiger partial charge in [-0.25, -0.2) is 0 Å². The molecule has 1 aromatic carbocycles. The van der Waals surface area contributed by atoms with Crippen molar-refractivity contribution in [3.63, 3.8) is 0 Å². The van der Waals surface area contributed by atoms with Crippen LogP contribution >= 0.6 is 11.6 Å². The second-order valence-corrected chi connectivity index (χ2v) is 5.37. The summed E-state index contributed by atoms with van der Waals surface area (Å²) in [5.74, 6) is 0. The zero-order valence-electron chi connectivity index (χ0n) is 10.4. The Labute approximate surface area is 109 Å². The fourth-order valence-corrected chi connectivity index (χ4v) is 2.49. The summed E-state index contributed by atoms with van der Waals surface area (Å²) in [7, 11) is 0. The summed E-state index contributed by atoms with van der Waals surface area (Å²) in [6.45, 7) is 4.37. The van der Waals surface area contributed by atoms with Gasteiger partial charge in [0.1, 0.15) is 0 Å². The predicted molar refractivity (Wildman–Crippen MR) is 73.4 cm³/mol. The highest BCUT2D eigenvalue weighted by atomic mass is 35.5. The molecular formula is C14H21ClN2. The highest BCUT2D eigenvalue weighted by Crippen LogP contribution is 2.12. The molecule has 17 heavy (non-hydrogen) atoms. The predicted octanol–water partition coefficient (Wildman–Crippen LogP) is 2.96. The van der Waals surface area contributed by atoms with Crippen molar-refractivity contribution in [3.05, 3.63) is 34.9 Å². The van der Waals surface area contributed by atoms with E-state index in [4.69, 9.17) is 11.6 Å². The molecule has 2 rings (SSSR count). The molecule has 2 unspecified atom stereocenters. The molecule has 1 saturated heterocycles. The molecule has 1 aliphatic rings. The van der Waals surface area contributed by atoms with Gasteiger partial charge in [-0.05, 0) is 50.4 Å². The number of rotatable bonds is 5. The molecule has 2 atom stereocenters. The SMILES string of the molecule is CC(CC1CCCN1)NCc1ccc(Cl)cc1. The molecule has 2 nitrogen and oxygen atoms in total. The lowest BCUT2D eigenvalue weighted by molar-refractivity contribution is 0.440. The summed E-state index contributed by atoms with van der Waals surface area (Å²) in [4.78, 5) is 0. The van der Waals surface area contributed by atoms with Crippen LogP contribution in [0, 0.1) is 0 Å². The largest absolute Gasteiger partial charge is 0.314 e. The molecule has 1 aromatic rings. The van der Waals surface area contributed by atoms with Crippen LogP contribution in [-0.2, 0) is 6.54 Å². The average Bonchev–Trinajstić information content (AvgIpc) is 2.81. The van der Waals surface area contributed by atoms with Gasteiger partial charge in [-0.15, -0.1) is 0 Å². The van der Waals surface area contributed by atoms with Crippen LogP contribution in [0.15, 0.2) is 24.3 Å². The summed E-state index contributed by atoms with van der Waals surface area (Å²) in [5, 5.41) is 7.90. The first kappa shape index (κ1) is 12.9. The maximum atomic E-state index is 5.86. The van der Waals surface area contributed by atoms with Gasteiger partial charge in [-0.1, -0.05) is 23.7 Å². The van der Waals surface area contributed by atoms with E-state index in [9.17, 15) is 0 Å². The van der Waals surface area contributed by atoms with Crippen molar-refractivity contribution in [2.75, 3.05) is 6.54 Å². The molecule has 0 aromatic heterocycles. The van der Waals surface area contributed by atoms with Gasteiger partial charge in [-0.2, -0.15) is 0 Å². The minimum absolute atomic E-state index is 0.557. The van der Waals surface area contributed by atoms with E-state index in [0.717, 1.165) is 11.6 Å². The molecule has 1 fully saturated rings. The van der Waals surface area contributed by atoms with Crippen molar-refractivity contribution in [2.45, 2.75) is 44.8 Å². The number of hydrogen-bond donors (Lipinski definition) is 2. The van der Waals surface area contributed by atoms with E-state index in [1.54, 1.807) is 0 Å². The molecule has 0 amide bonds. The molecule has 1 aliphatic heterocycles. The van der Waals surface area contributed by atoms with Crippen LogP contribution < -0.4 is 10.6 Å². The average molecular weight is 253 g/mol. The highest BCUT2D eigenvalue weighted by molar-refractivity contribution is 6.30. The van der Waals surface area contributed by atoms with Crippen molar-refractivity contribution >= 4 is 11.6 Å². The number of hydrogen-bond acceptors (Lipinski definition) is 2. The fourth-order valence-electron chi connectivity index (χ4n) is 2.36. The van der Waals surface area contributed by atoms with Crippen LogP contribution in [0.1, 0.15) is 31.7 Å². The van der Waals surface area contributed by atoms with Crippen molar-refractivity contribution in [1.29, 1.82) is 0 Å². The maximum Gasteiger partial charge on any atom is 0.0406 e. The Hall–Kier alpha value is -0.570. The lowest BCUT2D eigenvalue weighted by atomic mass is 10.1. The molecule has 0 spiro atoms. The molecular weight excluding hydrogens is 232 g/mol. The van der Waals surface area contributed by atoms with Crippen molar-refractivity contribution in [3.8, 4) is 0 Å². The third kappa shape index (κ3) is 4.30. The van der Waals surface area contributed by atoms with Crippen LogP contribution in [0.3, 0.4) is 0 Å². The van der Waals surface area contributed by atoms with E-state index in [0.29, 0.717) is 12.1 Å². The standard InChI is InChI=1S/C14H21ClN2/c1-11(9-14-3-2-8-16-14)17-10-12-4-6-13(15)7-5-12/h4-7,11,14,16-17H,2-3,8-10H2,1H3. The zero-order valence-corrected chi connectivity index (χ0v) is 11.1. The van der Waals surface area contributed by atoms with Gasteiger partial charge in [0.25, 0.3) is 0 Å². The normalized spacial score (nSPS) is 21.6. The third-order valence-electron chi connectivity index (χ3n) is 3.37. The smallest absolute Gasteiger partial charge is 0.0406 e. The quantitative estimate of drug-likeness (QED) is 0.842. The Morgan fingerprint density at radius 1 is 1.41 bits per heavy atom. The van der Waals surface area contributed by atoms with E-state index in [2.05, 4.69) is 29.7 Å². The van der Waals surface area contributed by atoms with Crippen LogP contribution in [0.2, 0.25) is 5.02 Å². The number of nitrogens with one attached hydrogen (secondary N) is 2. The van der Waals surface area contributed by atoms with E-state index >= 15 is 0 Å². The first-order chi connectivity index (χ1) is 8.24. The molecule has 0 saturated carbocycles. The first-order valence-corrected chi connectivity index (χ1v) is 6.83. The minimum atomic E-state index is 0.557. The molecule has 0 bridgehead atoms. The lowest BCUT2D eigenvalue weighted by Crippen LogP contribution is -2.33. The Morgan fingerprint density at radius 2 is 2.18 bits per heavy atom. The van der Waals surface area contributed by atoms with Gasteiger partial charge in [0.05, 0.1) is 0 Å². The molecule has 3 heteroatoms. The molecule has 94 valence electrons. The van der Waals surface area contributed by atoms with E-state index in [-0.39, 0.29) is 0 Å². The van der Waals surface area contributed by atoms with Gasteiger partial charge in [0.15, 0.2) is 0 Å². The van der Waals surface area contributed by atoms with Crippen molar-refractivity contribution in [1.82, 2.24) is 10.6 Å². The summed E-state index contributed by atoms with van der Waals surface area (Å²) in [6.07, 6.45) is 3.87. The summed E-state index contributed by atoms with van der Waals surface area (Å²) in [6, 6.07) is 9.32. The fraction of sp³-hybridized carbons (Fsp3) is 0.571. The highest BCUT2D eigenvalue weighted by Gasteiger charge is 2.16. The van der Waals surface area contributed by atoms with Gasteiger partial charge >= 0.3 is 0 Å². The minimum Gasteiger partial charge on any atom is -0.314 e. The second kappa shape index (κ2) is 6.39.